The minimum Gasteiger partial charge on any atom is -0.357 e. The van der Waals surface area contributed by atoms with Crippen molar-refractivity contribution in [1.29, 1.82) is 0 Å². The fourth-order valence-electron chi connectivity index (χ4n) is 2.78. The molecule has 4 amide bonds. The largest absolute Gasteiger partial charge is 0.357 e. The topological polar surface area (TPSA) is 106 Å². The predicted octanol–water partition coefficient (Wildman–Crippen LogP) is -0.896. The molecule has 2 fully saturated rings. The number of carbonyl (C=O) groups is 3. The van der Waals surface area contributed by atoms with Crippen molar-refractivity contribution in [3.05, 3.63) is 0 Å². The highest BCUT2D eigenvalue weighted by Gasteiger charge is 2.28. The molecule has 0 aromatic rings. The van der Waals surface area contributed by atoms with Crippen LogP contribution < -0.4 is 16.0 Å². The molecule has 2 rings (SSSR count). The average Bonchev–Trinajstić information content (AvgIpc) is 3.15. The number of amides is 4. The molecule has 2 aliphatic heterocycles. The van der Waals surface area contributed by atoms with Crippen LogP contribution in [0.25, 0.3) is 0 Å². The molecule has 0 bridgehead atoms. The van der Waals surface area contributed by atoms with Crippen LogP contribution in [0.15, 0.2) is 4.99 Å². The third-order valence-electron chi connectivity index (χ3n) is 4.06. The van der Waals surface area contributed by atoms with Crippen molar-refractivity contribution in [2.45, 2.75) is 32.7 Å². The molecule has 0 saturated carbocycles. The van der Waals surface area contributed by atoms with Crippen molar-refractivity contribution < 1.29 is 14.4 Å². The summed E-state index contributed by atoms with van der Waals surface area (Å²) >= 11 is 0. The summed E-state index contributed by atoms with van der Waals surface area (Å²) in [7, 11) is 0. The first-order chi connectivity index (χ1) is 11.5. The lowest BCUT2D eigenvalue weighted by molar-refractivity contribution is -0.129. The molecule has 1 atom stereocenters. The molecule has 3 N–H and O–H groups in total. The Kier molecular flexibility index (Phi) is 6.39. The SMILES string of the molecule is CCNC(=NCCN1C(=O)CNC1=O)NC1CCN(C(=O)CC)C1. The Bertz CT molecular complexity index is 505. The maximum absolute atomic E-state index is 11.7. The Hall–Kier alpha value is -2.32. The molecule has 0 aromatic heterocycles. The van der Waals surface area contributed by atoms with Crippen molar-refractivity contribution in [3.63, 3.8) is 0 Å². The van der Waals surface area contributed by atoms with Gasteiger partial charge in [0.05, 0.1) is 19.6 Å². The molecule has 24 heavy (non-hydrogen) atoms. The fraction of sp³-hybridized carbons (Fsp3) is 0.733. The number of carbonyl (C=O) groups excluding carboxylic acids is 3. The summed E-state index contributed by atoms with van der Waals surface area (Å²) in [5, 5.41) is 8.94. The van der Waals surface area contributed by atoms with Crippen LogP contribution in [-0.2, 0) is 9.59 Å². The molecule has 0 spiro atoms. The van der Waals surface area contributed by atoms with E-state index in [1.807, 2.05) is 18.7 Å². The van der Waals surface area contributed by atoms with E-state index >= 15 is 0 Å². The predicted molar refractivity (Wildman–Crippen MR) is 89.5 cm³/mol. The van der Waals surface area contributed by atoms with Gasteiger partial charge in [0.25, 0.3) is 0 Å². The lowest BCUT2D eigenvalue weighted by Gasteiger charge is -2.19. The highest BCUT2D eigenvalue weighted by Crippen LogP contribution is 2.10. The molecule has 9 nitrogen and oxygen atoms in total. The van der Waals surface area contributed by atoms with Crippen LogP contribution in [0.1, 0.15) is 26.7 Å². The molecule has 134 valence electrons. The molecule has 2 saturated heterocycles. The molecule has 0 aromatic carbocycles. The summed E-state index contributed by atoms with van der Waals surface area (Å²) in [6.07, 6.45) is 1.40. The fourth-order valence-corrected chi connectivity index (χ4v) is 2.78. The number of likely N-dealkylation sites (tertiary alicyclic amines) is 1. The van der Waals surface area contributed by atoms with Crippen molar-refractivity contribution in [1.82, 2.24) is 25.8 Å². The molecule has 2 heterocycles. The van der Waals surface area contributed by atoms with Crippen LogP contribution in [0, 0.1) is 0 Å². The van der Waals surface area contributed by atoms with Crippen molar-refractivity contribution in [2.75, 3.05) is 39.3 Å². The molecular weight excluding hydrogens is 312 g/mol. The van der Waals surface area contributed by atoms with Crippen LogP contribution in [-0.4, -0.2) is 78.9 Å². The Balaban J connectivity index is 1.84. The summed E-state index contributed by atoms with van der Waals surface area (Å²) in [6.45, 7) is 6.62. The smallest absolute Gasteiger partial charge is 0.324 e. The van der Waals surface area contributed by atoms with Crippen LogP contribution >= 0.6 is 0 Å². The number of nitrogens with one attached hydrogen (secondary N) is 3. The monoisotopic (exact) mass is 338 g/mol. The van der Waals surface area contributed by atoms with E-state index in [2.05, 4.69) is 20.9 Å². The van der Waals surface area contributed by atoms with Crippen LogP contribution in [0.4, 0.5) is 4.79 Å². The minimum atomic E-state index is -0.363. The summed E-state index contributed by atoms with van der Waals surface area (Å²) < 4.78 is 0. The van der Waals surface area contributed by atoms with Gasteiger partial charge < -0.3 is 20.9 Å². The molecule has 2 aliphatic rings. The number of rotatable bonds is 6. The first-order valence-electron chi connectivity index (χ1n) is 8.46. The first kappa shape index (κ1) is 18.0. The van der Waals surface area contributed by atoms with Gasteiger partial charge in [0, 0.05) is 32.1 Å². The summed E-state index contributed by atoms with van der Waals surface area (Å²) in [6, 6.07) is -0.201. The van der Waals surface area contributed by atoms with Gasteiger partial charge in [-0.2, -0.15) is 0 Å². The van der Waals surface area contributed by atoms with E-state index in [-0.39, 0.29) is 37.0 Å². The van der Waals surface area contributed by atoms with Crippen molar-refractivity contribution in [2.24, 2.45) is 4.99 Å². The third-order valence-corrected chi connectivity index (χ3v) is 4.06. The highest BCUT2D eigenvalue weighted by molar-refractivity contribution is 6.01. The van der Waals surface area contributed by atoms with Crippen LogP contribution in [0.3, 0.4) is 0 Å². The zero-order valence-electron chi connectivity index (χ0n) is 14.3. The van der Waals surface area contributed by atoms with Gasteiger partial charge in [-0.25, -0.2) is 4.79 Å². The van der Waals surface area contributed by atoms with Gasteiger partial charge in [-0.05, 0) is 13.3 Å². The highest BCUT2D eigenvalue weighted by atomic mass is 16.2. The molecule has 0 radical (unpaired) electrons. The minimum absolute atomic E-state index is 0.0598. The van der Waals surface area contributed by atoms with Crippen molar-refractivity contribution in [3.8, 4) is 0 Å². The number of aliphatic imine (C=N–C) groups is 1. The van der Waals surface area contributed by atoms with E-state index in [9.17, 15) is 14.4 Å². The molecule has 0 aliphatic carbocycles. The molecular formula is C15H26N6O3. The van der Waals surface area contributed by atoms with Crippen LogP contribution in [0.2, 0.25) is 0 Å². The lowest BCUT2D eigenvalue weighted by atomic mass is 10.3. The maximum atomic E-state index is 11.7. The Morgan fingerprint density at radius 3 is 2.79 bits per heavy atom. The maximum Gasteiger partial charge on any atom is 0.324 e. The van der Waals surface area contributed by atoms with E-state index < -0.39 is 0 Å². The summed E-state index contributed by atoms with van der Waals surface area (Å²) in [5.41, 5.74) is 0. The zero-order chi connectivity index (χ0) is 17.5. The zero-order valence-corrected chi connectivity index (χ0v) is 14.3. The number of hydrogen-bond donors (Lipinski definition) is 3. The van der Waals surface area contributed by atoms with Gasteiger partial charge >= 0.3 is 6.03 Å². The standard InChI is InChI=1S/C15H26N6O3/c1-3-12(22)20-7-5-11(10-20)19-14(16-4-2)17-6-8-21-13(23)9-18-15(21)24/h11H,3-10H2,1-2H3,(H,18,24)(H2,16,17,19). The van der Waals surface area contributed by atoms with Gasteiger partial charge in [0.2, 0.25) is 11.8 Å². The number of urea groups is 1. The normalized spacial score (nSPS) is 21.2. The quantitative estimate of drug-likeness (QED) is 0.331. The molecule has 9 heteroatoms. The molecule has 1 unspecified atom stereocenters. The van der Waals surface area contributed by atoms with Gasteiger partial charge in [-0.15, -0.1) is 0 Å². The number of imide groups is 1. The second-order valence-corrected chi connectivity index (χ2v) is 5.79. The third kappa shape index (κ3) is 4.59. The van der Waals surface area contributed by atoms with E-state index in [1.54, 1.807) is 0 Å². The van der Waals surface area contributed by atoms with E-state index in [4.69, 9.17) is 0 Å². The summed E-state index contributed by atoms with van der Waals surface area (Å²) in [4.78, 5) is 42.2. The number of guanidine groups is 1. The van der Waals surface area contributed by atoms with E-state index in [1.165, 1.54) is 4.90 Å². The van der Waals surface area contributed by atoms with E-state index in [0.29, 0.717) is 32.0 Å². The van der Waals surface area contributed by atoms with Gasteiger partial charge in [-0.3, -0.25) is 19.5 Å². The Morgan fingerprint density at radius 2 is 2.17 bits per heavy atom. The Morgan fingerprint density at radius 1 is 1.38 bits per heavy atom. The van der Waals surface area contributed by atoms with Gasteiger partial charge in [0.1, 0.15) is 0 Å². The first-order valence-corrected chi connectivity index (χ1v) is 8.46. The second kappa shape index (κ2) is 8.51. The lowest BCUT2D eigenvalue weighted by Crippen LogP contribution is -2.45. The summed E-state index contributed by atoms with van der Waals surface area (Å²) in [5.74, 6) is 0.581. The number of hydrogen-bond acceptors (Lipinski definition) is 4. The average molecular weight is 338 g/mol. The Labute approximate surface area is 141 Å². The van der Waals surface area contributed by atoms with Crippen molar-refractivity contribution >= 4 is 23.8 Å². The van der Waals surface area contributed by atoms with Gasteiger partial charge in [0.15, 0.2) is 5.96 Å². The van der Waals surface area contributed by atoms with E-state index in [0.717, 1.165) is 13.0 Å². The van der Waals surface area contributed by atoms with Crippen LogP contribution in [0.5, 0.6) is 0 Å². The number of nitrogens with zero attached hydrogens (tertiary/aromatic N) is 3. The second-order valence-electron chi connectivity index (χ2n) is 5.79. The van der Waals surface area contributed by atoms with Gasteiger partial charge in [-0.1, -0.05) is 6.92 Å².